The van der Waals surface area contributed by atoms with E-state index in [1.807, 2.05) is 12.4 Å². The molecule has 1 aromatic heterocycles. The van der Waals surface area contributed by atoms with Crippen LogP contribution in [-0.4, -0.2) is 15.7 Å². The van der Waals surface area contributed by atoms with E-state index in [1.165, 1.54) is 24.8 Å². The number of aromatic nitrogens is 2. The number of aryl methyl sites for hydroxylation is 1. The van der Waals surface area contributed by atoms with Gasteiger partial charge in [0.25, 0.3) is 0 Å². The van der Waals surface area contributed by atoms with Crippen LogP contribution in [0.1, 0.15) is 38.7 Å². The summed E-state index contributed by atoms with van der Waals surface area (Å²) in [5.74, 6) is 1.11. The predicted octanol–water partition coefficient (Wildman–Crippen LogP) is 3.32. The number of unbranched alkanes of at least 4 members (excludes halogenated alkanes) is 1. The molecular formula is C11H18N2S. The highest BCUT2D eigenvalue weighted by molar-refractivity contribution is 7.99. The topological polar surface area (TPSA) is 25.8 Å². The molecule has 0 saturated carbocycles. The van der Waals surface area contributed by atoms with Gasteiger partial charge in [-0.2, -0.15) is 0 Å². The summed E-state index contributed by atoms with van der Waals surface area (Å²) in [7, 11) is 0. The summed E-state index contributed by atoms with van der Waals surface area (Å²) >= 11 is 1.73. The first kappa shape index (κ1) is 11.5. The van der Waals surface area contributed by atoms with E-state index in [9.17, 15) is 0 Å². The second-order valence-corrected chi connectivity index (χ2v) is 4.39. The molecule has 14 heavy (non-hydrogen) atoms. The van der Waals surface area contributed by atoms with Gasteiger partial charge in [0.05, 0.1) is 0 Å². The van der Waals surface area contributed by atoms with Crippen LogP contribution in [0.4, 0.5) is 0 Å². The van der Waals surface area contributed by atoms with Gasteiger partial charge in [0, 0.05) is 18.1 Å². The van der Waals surface area contributed by atoms with Crippen LogP contribution < -0.4 is 0 Å². The molecule has 0 aliphatic heterocycles. The average molecular weight is 210 g/mol. The quantitative estimate of drug-likeness (QED) is 0.532. The molecule has 0 aliphatic carbocycles. The second kappa shape index (κ2) is 6.82. The van der Waals surface area contributed by atoms with Crippen LogP contribution in [0.2, 0.25) is 0 Å². The molecule has 0 spiro atoms. The zero-order valence-corrected chi connectivity index (χ0v) is 9.81. The lowest BCUT2D eigenvalue weighted by Crippen LogP contribution is -1.91. The maximum atomic E-state index is 4.32. The lowest BCUT2D eigenvalue weighted by Gasteiger charge is -2.00. The maximum absolute atomic E-state index is 4.32. The molecule has 0 N–H and O–H groups in total. The zero-order chi connectivity index (χ0) is 10.2. The van der Waals surface area contributed by atoms with Gasteiger partial charge < -0.3 is 0 Å². The van der Waals surface area contributed by atoms with Gasteiger partial charge in [0.15, 0.2) is 5.16 Å². The highest BCUT2D eigenvalue weighted by Gasteiger charge is 1.97. The number of rotatable bonds is 6. The Bertz CT molecular complexity index is 219. The van der Waals surface area contributed by atoms with E-state index in [-0.39, 0.29) is 0 Å². The van der Waals surface area contributed by atoms with Crippen LogP contribution in [0.25, 0.3) is 0 Å². The van der Waals surface area contributed by atoms with Gasteiger partial charge in [-0.1, -0.05) is 32.0 Å². The van der Waals surface area contributed by atoms with Crippen molar-refractivity contribution < 1.29 is 0 Å². The molecule has 0 atom stereocenters. The molecule has 78 valence electrons. The van der Waals surface area contributed by atoms with Crippen LogP contribution in [0, 0.1) is 0 Å². The standard InChI is InChI=1S/C11H18N2S/c1-3-5-6-10-8-12-11(13-9-10)14-7-4-2/h8-9H,3-7H2,1-2H3. The Morgan fingerprint density at radius 1 is 1.14 bits per heavy atom. The Hall–Kier alpha value is -0.570. The number of hydrogen-bond donors (Lipinski definition) is 0. The van der Waals surface area contributed by atoms with E-state index in [0.717, 1.165) is 17.3 Å². The van der Waals surface area contributed by atoms with Crippen molar-refractivity contribution in [3.63, 3.8) is 0 Å². The summed E-state index contributed by atoms with van der Waals surface area (Å²) in [6, 6.07) is 0. The first-order chi connectivity index (χ1) is 6.86. The Kier molecular flexibility index (Phi) is 5.60. The number of thioether (sulfide) groups is 1. The fraction of sp³-hybridized carbons (Fsp3) is 0.636. The van der Waals surface area contributed by atoms with E-state index in [4.69, 9.17) is 0 Å². The Labute approximate surface area is 90.5 Å². The SMILES string of the molecule is CCCCc1cnc(SCCC)nc1. The fourth-order valence-electron chi connectivity index (χ4n) is 1.12. The molecule has 3 heteroatoms. The van der Waals surface area contributed by atoms with Gasteiger partial charge in [0.1, 0.15) is 0 Å². The van der Waals surface area contributed by atoms with Crippen LogP contribution in [0.5, 0.6) is 0 Å². The molecule has 0 radical (unpaired) electrons. The van der Waals surface area contributed by atoms with Gasteiger partial charge in [-0.05, 0) is 24.8 Å². The fourth-order valence-corrected chi connectivity index (χ4v) is 1.76. The molecule has 0 fully saturated rings. The smallest absolute Gasteiger partial charge is 0.187 e. The number of hydrogen-bond acceptors (Lipinski definition) is 3. The lowest BCUT2D eigenvalue weighted by molar-refractivity contribution is 0.779. The minimum absolute atomic E-state index is 0.909. The van der Waals surface area contributed by atoms with Gasteiger partial charge in [-0.25, -0.2) is 9.97 Å². The van der Waals surface area contributed by atoms with Crippen LogP contribution >= 0.6 is 11.8 Å². The molecule has 0 bridgehead atoms. The average Bonchev–Trinajstić information content (AvgIpc) is 2.25. The Morgan fingerprint density at radius 3 is 2.43 bits per heavy atom. The third-order valence-electron chi connectivity index (χ3n) is 1.94. The normalized spacial score (nSPS) is 10.4. The molecule has 1 aromatic rings. The highest BCUT2D eigenvalue weighted by atomic mass is 32.2. The molecule has 0 amide bonds. The summed E-state index contributed by atoms with van der Waals surface area (Å²) in [5.41, 5.74) is 1.26. The molecule has 0 aromatic carbocycles. The predicted molar refractivity (Wildman–Crippen MR) is 61.7 cm³/mol. The molecule has 1 rings (SSSR count). The zero-order valence-electron chi connectivity index (χ0n) is 8.99. The van der Waals surface area contributed by atoms with Crippen molar-refractivity contribution >= 4 is 11.8 Å². The largest absolute Gasteiger partial charge is 0.231 e. The Morgan fingerprint density at radius 2 is 1.86 bits per heavy atom. The van der Waals surface area contributed by atoms with Crippen molar-refractivity contribution in [1.82, 2.24) is 9.97 Å². The van der Waals surface area contributed by atoms with Crippen molar-refractivity contribution in [2.24, 2.45) is 0 Å². The highest BCUT2D eigenvalue weighted by Crippen LogP contribution is 2.13. The van der Waals surface area contributed by atoms with E-state index >= 15 is 0 Å². The summed E-state index contributed by atoms with van der Waals surface area (Å²) in [5, 5.41) is 0.909. The van der Waals surface area contributed by atoms with Crippen LogP contribution in [-0.2, 0) is 6.42 Å². The van der Waals surface area contributed by atoms with Crippen molar-refractivity contribution in [2.75, 3.05) is 5.75 Å². The lowest BCUT2D eigenvalue weighted by atomic mass is 10.2. The summed E-state index contributed by atoms with van der Waals surface area (Å²) in [4.78, 5) is 8.64. The monoisotopic (exact) mass is 210 g/mol. The van der Waals surface area contributed by atoms with Gasteiger partial charge in [-0.3, -0.25) is 0 Å². The number of nitrogens with zero attached hydrogens (tertiary/aromatic N) is 2. The van der Waals surface area contributed by atoms with E-state index < -0.39 is 0 Å². The van der Waals surface area contributed by atoms with Crippen molar-refractivity contribution in [3.8, 4) is 0 Å². The second-order valence-electron chi connectivity index (χ2n) is 3.33. The van der Waals surface area contributed by atoms with Gasteiger partial charge in [0.2, 0.25) is 0 Å². The molecule has 0 saturated heterocycles. The minimum Gasteiger partial charge on any atom is -0.231 e. The van der Waals surface area contributed by atoms with Crippen molar-refractivity contribution in [2.45, 2.75) is 44.7 Å². The summed E-state index contributed by atoms with van der Waals surface area (Å²) in [6.07, 6.45) is 8.65. The first-order valence-electron chi connectivity index (χ1n) is 5.30. The van der Waals surface area contributed by atoms with Crippen LogP contribution in [0.3, 0.4) is 0 Å². The third-order valence-corrected chi connectivity index (χ3v) is 3.02. The maximum Gasteiger partial charge on any atom is 0.187 e. The first-order valence-corrected chi connectivity index (χ1v) is 6.29. The van der Waals surface area contributed by atoms with Crippen LogP contribution in [0.15, 0.2) is 17.6 Å². The van der Waals surface area contributed by atoms with E-state index in [1.54, 1.807) is 11.8 Å². The van der Waals surface area contributed by atoms with Crippen molar-refractivity contribution in [3.05, 3.63) is 18.0 Å². The molecular weight excluding hydrogens is 192 g/mol. The van der Waals surface area contributed by atoms with Gasteiger partial charge >= 0.3 is 0 Å². The molecule has 0 aliphatic rings. The third kappa shape index (κ3) is 4.09. The molecule has 1 heterocycles. The van der Waals surface area contributed by atoms with Gasteiger partial charge in [-0.15, -0.1) is 0 Å². The molecule has 0 unspecified atom stereocenters. The van der Waals surface area contributed by atoms with E-state index in [2.05, 4.69) is 23.8 Å². The Balaban J connectivity index is 2.42. The van der Waals surface area contributed by atoms with Crippen molar-refractivity contribution in [1.29, 1.82) is 0 Å². The molecule has 2 nitrogen and oxygen atoms in total. The summed E-state index contributed by atoms with van der Waals surface area (Å²) < 4.78 is 0. The minimum atomic E-state index is 0.909. The van der Waals surface area contributed by atoms with E-state index in [0.29, 0.717) is 0 Å². The summed E-state index contributed by atoms with van der Waals surface area (Å²) in [6.45, 7) is 4.37.